The standard InChI is InChI=1S/C16H13Cl2N3S/c1-8-19-15(21-12-7-9(17)5-6-11(12)18)14-10-3-2-4-13(10)22-16(14)20-8/h5-7H,2-4H2,1H3,(H,19,20,21). The van der Waals surface area contributed by atoms with E-state index in [1.165, 1.54) is 16.9 Å². The average molecular weight is 350 g/mol. The highest BCUT2D eigenvalue weighted by Crippen LogP contribution is 2.40. The van der Waals surface area contributed by atoms with Crippen LogP contribution in [0.5, 0.6) is 0 Å². The second kappa shape index (κ2) is 5.37. The Morgan fingerprint density at radius 1 is 1.18 bits per heavy atom. The molecule has 0 unspecified atom stereocenters. The highest BCUT2D eigenvalue weighted by Gasteiger charge is 2.22. The van der Waals surface area contributed by atoms with Crippen molar-refractivity contribution in [2.75, 3.05) is 5.32 Å². The van der Waals surface area contributed by atoms with E-state index in [0.29, 0.717) is 10.0 Å². The van der Waals surface area contributed by atoms with E-state index >= 15 is 0 Å². The van der Waals surface area contributed by atoms with Crippen molar-refractivity contribution in [3.8, 4) is 0 Å². The Labute approximate surface area is 142 Å². The Morgan fingerprint density at radius 2 is 2.05 bits per heavy atom. The van der Waals surface area contributed by atoms with E-state index in [1.54, 1.807) is 23.5 Å². The topological polar surface area (TPSA) is 37.8 Å². The predicted octanol–water partition coefficient (Wildman–Crippen LogP) is 5.54. The minimum absolute atomic E-state index is 0.626. The maximum absolute atomic E-state index is 6.27. The molecule has 1 aliphatic carbocycles. The van der Waals surface area contributed by atoms with Crippen LogP contribution in [0.2, 0.25) is 10.0 Å². The fourth-order valence-electron chi connectivity index (χ4n) is 2.91. The van der Waals surface area contributed by atoms with Crippen LogP contribution in [0.3, 0.4) is 0 Å². The smallest absolute Gasteiger partial charge is 0.143 e. The average Bonchev–Trinajstić information content (AvgIpc) is 3.02. The van der Waals surface area contributed by atoms with Gasteiger partial charge in [0.05, 0.1) is 16.1 Å². The van der Waals surface area contributed by atoms with Crippen LogP contribution in [-0.2, 0) is 12.8 Å². The summed E-state index contributed by atoms with van der Waals surface area (Å²) in [5, 5.41) is 5.76. The van der Waals surface area contributed by atoms with Gasteiger partial charge in [0.2, 0.25) is 0 Å². The van der Waals surface area contributed by atoms with E-state index in [1.807, 2.05) is 13.0 Å². The van der Waals surface area contributed by atoms with Crippen LogP contribution in [0, 0.1) is 6.92 Å². The quantitative estimate of drug-likeness (QED) is 0.659. The van der Waals surface area contributed by atoms with Crippen LogP contribution in [0.1, 0.15) is 22.7 Å². The summed E-state index contributed by atoms with van der Waals surface area (Å²) < 4.78 is 0. The van der Waals surface area contributed by atoms with Crippen LogP contribution >= 0.6 is 34.5 Å². The van der Waals surface area contributed by atoms with Gasteiger partial charge in [-0.3, -0.25) is 0 Å². The van der Waals surface area contributed by atoms with Gasteiger partial charge in [0.25, 0.3) is 0 Å². The number of benzene rings is 1. The number of fused-ring (bicyclic) bond motifs is 3. The van der Waals surface area contributed by atoms with Crippen molar-refractivity contribution in [3.63, 3.8) is 0 Å². The molecule has 3 nitrogen and oxygen atoms in total. The molecule has 0 aliphatic heterocycles. The van der Waals surface area contributed by atoms with E-state index in [4.69, 9.17) is 23.2 Å². The monoisotopic (exact) mass is 349 g/mol. The molecule has 3 aromatic rings. The van der Waals surface area contributed by atoms with Crippen molar-refractivity contribution in [3.05, 3.63) is 44.5 Å². The first-order valence-electron chi connectivity index (χ1n) is 7.13. The van der Waals surface area contributed by atoms with E-state index < -0.39 is 0 Å². The number of halogens is 2. The van der Waals surface area contributed by atoms with E-state index in [9.17, 15) is 0 Å². The molecule has 4 rings (SSSR count). The van der Waals surface area contributed by atoms with E-state index in [-0.39, 0.29) is 0 Å². The van der Waals surface area contributed by atoms with Gasteiger partial charge in [-0.2, -0.15) is 0 Å². The summed E-state index contributed by atoms with van der Waals surface area (Å²) >= 11 is 14.1. The zero-order valence-corrected chi connectivity index (χ0v) is 14.2. The number of nitrogens with one attached hydrogen (secondary N) is 1. The van der Waals surface area contributed by atoms with E-state index in [2.05, 4.69) is 15.3 Å². The van der Waals surface area contributed by atoms with Gasteiger partial charge in [0.15, 0.2) is 0 Å². The molecule has 22 heavy (non-hydrogen) atoms. The normalized spacial score (nSPS) is 13.6. The molecule has 0 bridgehead atoms. The first kappa shape index (κ1) is 14.2. The molecule has 0 saturated heterocycles. The summed E-state index contributed by atoms with van der Waals surface area (Å²) in [6.07, 6.45) is 3.45. The van der Waals surface area contributed by atoms with Gasteiger partial charge >= 0.3 is 0 Å². The highest BCUT2D eigenvalue weighted by atomic mass is 35.5. The second-order valence-electron chi connectivity index (χ2n) is 5.41. The molecule has 0 fully saturated rings. The number of aromatic nitrogens is 2. The Bertz CT molecular complexity index is 889. The molecule has 0 spiro atoms. The summed E-state index contributed by atoms with van der Waals surface area (Å²) in [5.74, 6) is 1.58. The number of anilines is 2. The lowest BCUT2D eigenvalue weighted by Crippen LogP contribution is -1.99. The van der Waals surface area contributed by atoms with Crippen molar-refractivity contribution in [1.82, 2.24) is 9.97 Å². The molecular weight excluding hydrogens is 337 g/mol. The first-order valence-corrected chi connectivity index (χ1v) is 8.70. The van der Waals surface area contributed by atoms with Crippen molar-refractivity contribution in [2.24, 2.45) is 0 Å². The van der Waals surface area contributed by atoms with Gasteiger partial charge in [-0.05, 0) is 49.9 Å². The van der Waals surface area contributed by atoms with Gasteiger partial charge < -0.3 is 5.32 Å². The number of rotatable bonds is 2. The third-order valence-electron chi connectivity index (χ3n) is 3.86. The van der Waals surface area contributed by atoms with Crippen molar-refractivity contribution in [1.29, 1.82) is 0 Å². The van der Waals surface area contributed by atoms with E-state index in [0.717, 1.165) is 40.4 Å². The maximum Gasteiger partial charge on any atom is 0.143 e. The predicted molar refractivity (Wildman–Crippen MR) is 93.9 cm³/mol. The van der Waals surface area contributed by atoms with Crippen molar-refractivity contribution in [2.45, 2.75) is 26.2 Å². The molecular formula is C16H13Cl2N3S. The number of thiophene rings is 1. The third kappa shape index (κ3) is 2.35. The van der Waals surface area contributed by atoms with Gasteiger partial charge in [-0.15, -0.1) is 11.3 Å². The molecule has 2 heterocycles. The number of hydrogen-bond donors (Lipinski definition) is 1. The molecule has 0 radical (unpaired) electrons. The molecule has 1 N–H and O–H groups in total. The van der Waals surface area contributed by atoms with Crippen LogP contribution in [0.25, 0.3) is 10.2 Å². The summed E-state index contributed by atoms with van der Waals surface area (Å²) in [6, 6.07) is 5.38. The molecule has 6 heteroatoms. The first-order chi connectivity index (χ1) is 10.6. The molecule has 112 valence electrons. The Kier molecular flexibility index (Phi) is 3.48. The molecule has 2 aromatic heterocycles. The molecule has 0 atom stereocenters. The summed E-state index contributed by atoms with van der Waals surface area (Å²) in [5.41, 5.74) is 2.16. The van der Waals surface area contributed by atoms with Crippen LogP contribution < -0.4 is 5.32 Å². The largest absolute Gasteiger partial charge is 0.338 e. The SMILES string of the molecule is Cc1nc(Nc2cc(Cl)ccc2Cl)c2c3c(sc2n1)CCC3. The third-order valence-corrected chi connectivity index (χ3v) is 5.61. The van der Waals surface area contributed by atoms with Gasteiger partial charge in [-0.1, -0.05) is 23.2 Å². The minimum Gasteiger partial charge on any atom is -0.338 e. The number of aryl methyl sites for hydroxylation is 3. The maximum atomic E-state index is 6.27. The van der Waals surface area contributed by atoms with Crippen molar-refractivity contribution >= 4 is 56.3 Å². The van der Waals surface area contributed by atoms with Gasteiger partial charge in [0.1, 0.15) is 16.5 Å². The van der Waals surface area contributed by atoms with Crippen LogP contribution in [0.4, 0.5) is 11.5 Å². The molecule has 1 aliphatic rings. The Balaban J connectivity index is 1.89. The fourth-order valence-corrected chi connectivity index (χ4v) is 4.56. The Morgan fingerprint density at radius 3 is 2.91 bits per heavy atom. The second-order valence-corrected chi connectivity index (χ2v) is 7.33. The van der Waals surface area contributed by atoms with Crippen LogP contribution in [-0.4, -0.2) is 9.97 Å². The number of hydrogen-bond acceptors (Lipinski definition) is 4. The fraction of sp³-hybridized carbons (Fsp3) is 0.250. The van der Waals surface area contributed by atoms with Gasteiger partial charge in [-0.25, -0.2) is 9.97 Å². The summed E-state index contributed by atoms with van der Waals surface area (Å²) in [7, 11) is 0. The summed E-state index contributed by atoms with van der Waals surface area (Å²) in [6.45, 7) is 1.91. The minimum atomic E-state index is 0.626. The lowest BCUT2D eigenvalue weighted by atomic mass is 10.2. The van der Waals surface area contributed by atoms with Gasteiger partial charge in [0, 0.05) is 9.90 Å². The lowest BCUT2D eigenvalue weighted by molar-refractivity contribution is 0.917. The Hall–Kier alpha value is -1.36. The lowest BCUT2D eigenvalue weighted by Gasteiger charge is -2.10. The molecule has 1 aromatic carbocycles. The summed E-state index contributed by atoms with van der Waals surface area (Å²) in [4.78, 5) is 11.7. The van der Waals surface area contributed by atoms with Crippen LogP contribution in [0.15, 0.2) is 18.2 Å². The molecule has 0 saturated carbocycles. The highest BCUT2D eigenvalue weighted by molar-refractivity contribution is 7.19. The van der Waals surface area contributed by atoms with Crippen molar-refractivity contribution < 1.29 is 0 Å². The number of nitrogens with zero attached hydrogens (tertiary/aromatic N) is 2. The zero-order valence-electron chi connectivity index (χ0n) is 11.9. The molecule has 0 amide bonds. The zero-order chi connectivity index (χ0) is 15.3.